The fourth-order valence-corrected chi connectivity index (χ4v) is 1.11. The standard InChI is InChI=1S/C6H7NO4S.Na/c8-6(12(9,10)11)5-3-1-2-4-7-5;/h1-4,6,8H,(H,9,10,11);/q;+1/p-1. The second-order valence-corrected chi connectivity index (χ2v) is 3.53. The minimum atomic E-state index is -4.71. The summed E-state index contributed by atoms with van der Waals surface area (Å²) in [6.45, 7) is 0. The molecule has 13 heavy (non-hydrogen) atoms. The molecule has 0 aromatic carbocycles. The van der Waals surface area contributed by atoms with Crippen LogP contribution in [0.2, 0.25) is 0 Å². The van der Waals surface area contributed by atoms with Gasteiger partial charge in [0.1, 0.15) is 10.1 Å². The van der Waals surface area contributed by atoms with Gasteiger partial charge in [-0.05, 0) is 12.1 Å². The third-order valence-corrected chi connectivity index (χ3v) is 2.00. The van der Waals surface area contributed by atoms with Crippen LogP contribution >= 0.6 is 0 Å². The molecular weight excluding hydrogens is 205 g/mol. The molecule has 0 aliphatic rings. The molecule has 0 spiro atoms. The van der Waals surface area contributed by atoms with Crippen molar-refractivity contribution < 1.29 is 47.6 Å². The Hall–Kier alpha value is 0.0200. The van der Waals surface area contributed by atoms with Gasteiger partial charge in [0.25, 0.3) is 0 Å². The summed E-state index contributed by atoms with van der Waals surface area (Å²) < 4.78 is 30.9. The van der Waals surface area contributed by atoms with Crippen LogP contribution in [0.3, 0.4) is 0 Å². The van der Waals surface area contributed by atoms with E-state index in [1.165, 1.54) is 18.3 Å². The van der Waals surface area contributed by atoms with Crippen LogP contribution in [0.4, 0.5) is 0 Å². The molecule has 0 saturated carbocycles. The monoisotopic (exact) mass is 211 g/mol. The quantitative estimate of drug-likeness (QED) is 0.407. The van der Waals surface area contributed by atoms with Crippen LogP contribution < -0.4 is 29.6 Å². The number of hydrogen-bond donors (Lipinski definition) is 1. The van der Waals surface area contributed by atoms with Crippen molar-refractivity contribution in [1.82, 2.24) is 4.98 Å². The van der Waals surface area contributed by atoms with Crippen LogP contribution in [-0.2, 0) is 10.1 Å². The maximum Gasteiger partial charge on any atom is 1.00 e. The summed E-state index contributed by atoms with van der Waals surface area (Å²) in [5, 5.41) is 8.89. The van der Waals surface area contributed by atoms with E-state index in [4.69, 9.17) is 5.11 Å². The average Bonchev–Trinajstić information content (AvgIpc) is 2.03. The third-order valence-electron chi connectivity index (χ3n) is 1.21. The van der Waals surface area contributed by atoms with Gasteiger partial charge in [0.15, 0.2) is 5.44 Å². The van der Waals surface area contributed by atoms with Gasteiger partial charge < -0.3 is 9.66 Å². The normalized spacial score (nSPS) is 13.1. The Kier molecular flexibility index (Phi) is 5.05. The Morgan fingerprint density at radius 3 is 2.46 bits per heavy atom. The van der Waals surface area contributed by atoms with Gasteiger partial charge in [0.2, 0.25) is 0 Å². The molecule has 5 nitrogen and oxygen atoms in total. The van der Waals surface area contributed by atoms with E-state index in [2.05, 4.69) is 4.98 Å². The first-order valence-electron chi connectivity index (χ1n) is 3.05. The number of nitrogens with zero attached hydrogens (tertiary/aromatic N) is 1. The second-order valence-electron chi connectivity index (χ2n) is 2.10. The van der Waals surface area contributed by atoms with Gasteiger partial charge in [-0.3, -0.25) is 4.98 Å². The summed E-state index contributed by atoms with van der Waals surface area (Å²) in [4.78, 5) is 3.52. The number of aliphatic hydroxyl groups is 1. The maximum atomic E-state index is 10.3. The summed E-state index contributed by atoms with van der Waals surface area (Å²) in [6, 6.07) is 4.30. The molecule has 1 N–H and O–H groups in total. The molecule has 1 heterocycles. The number of rotatable bonds is 2. The van der Waals surface area contributed by atoms with Crippen molar-refractivity contribution in [3.05, 3.63) is 30.1 Å². The molecule has 0 saturated heterocycles. The van der Waals surface area contributed by atoms with Crippen molar-refractivity contribution in [3.63, 3.8) is 0 Å². The smallest absolute Gasteiger partial charge is 0.746 e. The zero-order valence-electron chi connectivity index (χ0n) is 6.91. The Labute approximate surface area is 97.9 Å². The predicted molar refractivity (Wildman–Crippen MR) is 38.9 cm³/mol. The number of hydrogen-bond acceptors (Lipinski definition) is 5. The first-order chi connectivity index (χ1) is 5.52. The van der Waals surface area contributed by atoms with Crippen molar-refractivity contribution in [2.75, 3.05) is 0 Å². The van der Waals surface area contributed by atoms with Crippen LogP contribution in [0.25, 0.3) is 0 Å². The predicted octanol–water partition coefficient (Wildman–Crippen LogP) is -3.38. The van der Waals surface area contributed by atoms with Gasteiger partial charge in [-0.15, -0.1) is 0 Å². The molecule has 66 valence electrons. The molecule has 1 atom stereocenters. The van der Waals surface area contributed by atoms with Gasteiger partial charge in [-0.25, -0.2) is 8.42 Å². The molecule has 0 fully saturated rings. The van der Waals surface area contributed by atoms with Gasteiger partial charge in [-0.1, -0.05) is 6.07 Å². The fraction of sp³-hybridized carbons (Fsp3) is 0.167. The van der Waals surface area contributed by atoms with Gasteiger partial charge >= 0.3 is 29.6 Å². The first-order valence-corrected chi connectivity index (χ1v) is 4.52. The third kappa shape index (κ3) is 3.72. The molecule has 7 heteroatoms. The van der Waals surface area contributed by atoms with Crippen LogP contribution in [-0.4, -0.2) is 23.1 Å². The van der Waals surface area contributed by atoms with E-state index in [1.807, 2.05) is 0 Å². The largest absolute Gasteiger partial charge is 1.00 e. The topological polar surface area (TPSA) is 90.3 Å². The van der Waals surface area contributed by atoms with Crippen molar-refractivity contribution in [1.29, 1.82) is 0 Å². The van der Waals surface area contributed by atoms with Crippen molar-refractivity contribution in [2.45, 2.75) is 5.44 Å². The Morgan fingerprint density at radius 1 is 1.46 bits per heavy atom. The molecule has 1 rings (SSSR count). The molecule has 0 bridgehead atoms. The molecule has 0 amide bonds. The van der Waals surface area contributed by atoms with Crippen LogP contribution in [0.5, 0.6) is 0 Å². The zero-order valence-corrected chi connectivity index (χ0v) is 9.73. The van der Waals surface area contributed by atoms with E-state index in [1.54, 1.807) is 6.07 Å². The Morgan fingerprint density at radius 2 is 2.08 bits per heavy atom. The number of pyridine rings is 1. The minimum absolute atomic E-state index is 0. The summed E-state index contributed by atoms with van der Waals surface area (Å²) >= 11 is 0. The first kappa shape index (κ1) is 13.0. The summed E-state index contributed by atoms with van der Waals surface area (Å²) in [5.41, 5.74) is -2.23. The van der Waals surface area contributed by atoms with Gasteiger partial charge in [0.05, 0.1) is 5.69 Å². The van der Waals surface area contributed by atoms with E-state index in [0.717, 1.165) is 0 Å². The maximum absolute atomic E-state index is 10.3. The molecule has 0 aliphatic carbocycles. The van der Waals surface area contributed by atoms with E-state index in [9.17, 15) is 13.0 Å². The van der Waals surface area contributed by atoms with Crippen molar-refractivity contribution in [3.8, 4) is 0 Å². The van der Waals surface area contributed by atoms with Gasteiger partial charge in [-0.2, -0.15) is 0 Å². The summed E-state index contributed by atoms with van der Waals surface area (Å²) in [6.07, 6.45) is 1.30. The second kappa shape index (κ2) is 5.04. The summed E-state index contributed by atoms with van der Waals surface area (Å²) in [7, 11) is -4.71. The van der Waals surface area contributed by atoms with E-state index < -0.39 is 15.6 Å². The number of aromatic nitrogens is 1. The molecule has 1 aromatic rings. The SMILES string of the molecule is O=S(=O)([O-])C(O)c1ccccn1.[Na+]. The van der Waals surface area contributed by atoms with Crippen molar-refractivity contribution in [2.24, 2.45) is 0 Å². The van der Waals surface area contributed by atoms with E-state index >= 15 is 0 Å². The van der Waals surface area contributed by atoms with E-state index in [-0.39, 0.29) is 35.3 Å². The molecule has 1 unspecified atom stereocenters. The fourth-order valence-electron chi connectivity index (χ4n) is 0.670. The molecule has 1 aromatic heterocycles. The van der Waals surface area contributed by atoms with Crippen LogP contribution in [0.1, 0.15) is 11.1 Å². The van der Waals surface area contributed by atoms with Crippen LogP contribution in [0, 0.1) is 0 Å². The zero-order chi connectivity index (χ0) is 9.19. The Bertz CT molecular complexity index is 352. The van der Waals surface area contributed by atoms with E-state index in [0.29, 0.717) is 0 Å². The minimum Gasteiger partial charge on any atom is -0.746 e. The molecule has 0 radical (unpaired) electrons. The Balaban J connectivity index is 0.00000144. The number of aliphatic hydroxyl groups excluding tert-OH is 1. The molecular formula is C6H6NNaO4S. The average molecular weight is 211 g/mol. The van der Waals surface area contributed by atoms with Crippen molar-refractivity contribution >= 4 is 10.1 Å². The molecule has 0 aliphatic heterocycles. The van der Waals surface area contributed by atoms with Crippen LogP contribution in [0.15, 0.2) is 24.4 Å². The summed E-state index contributed by atoms with van der Waals surface area (Å²) in [5.74, 6) is 0. The van der Waals surface area contributed by atoms with Gasteiger partial charge in [0, 0.05) is 6.20 Å².